The average Bonchev–Trinajstić information content (AvgIpc) is 2.60. The Balaban J connectivity index is 2.60. The van der Waals surface area contributed by atoms with Crippen molar-refractivity contribution in [2.24, 2.45) is 0 Å². The van der Waals surface area contributed by atoms with Gasteiger partial charge in [0.2, 0.25) is 0 Å². The fourth-order valence-corrected chi connectivity index (χ4v) is 1.25. The SMILES string of the molecule is Nc1[nH]ncc1-c1cc(F)c(O)c(F)c1. The highest BCUT2D eigenvalue weighted by atomic mass is 19.1. The second kappa shape index (κ2) is 3.23. The summed E-state index contributed by atoms with van der Waals surface area (Å²) >= 11 is 0. The predicted octanol–water partition coefficient (Wildman–Crippen LogP) is 1.64. The van der Waals surface area contributed by atoms with E-state index in [1.807, 2.05) is 0 Å². The van der Waals surface area contributed by atoms with Crippen molar-refractivity contribution in [3.8, 4) is 16.9 Å². The van der Waals surface area contributed by atoms with E-state index in [9.17, 15) is 8.78 Å². The van der Waals surface area contributed by atoms with Gasteiger partial charge >= 0.3 is 0 Å². The first-order chi connectivity index (χ1) is 7.09. The zero-order valence-corrected chi connectivity index (χ0v) is 7.46. The molecule has 0 bridgehead atoms. The molecular formula is C9H7F2N3O. The monoisotopic (exact) mass is 211 g/mol. The number of rotatable bonds is 1. The molecule has 0 unspecified atom stereocenters. The highest BCUT2D eigenvalue weighted by molar-refractivity contribution is 5.73. The minimum atomic E-state index is -1.04. The highest BCUT2D eigenvalue weighted by Gasteiger charge is 2.12. The van der Waals surface area contributed by atoms with Crippen molar-refractivity contribution < 1.29 is 13.9 Å². The van der Waals surface area contributed by atoms with Crippen LogP contribution in [0, 0.1) is 11.6 Å². The second-order valence-electron chi connectivity index (χ2n) is 2.99. The number of aromatic hydroxyl groups is 1. The van der Waals surface area contributed by atoms with E-state index >= 15 is 0 Å². The van der Waals surface area contributed by atoms with E-state index in [1.165, 1.54) is 6.20 Å². The zero-order chi connectivity index (χ0) is 11.0. The molecule has 0 spiro atoms. The molecule has 0 fully saturated rings. The molecule has 2 aromatic rings. The molecule has 0 aliphatic carbocycles. The Kier molecular flexibility index (Phi) is 2.03. The number of hydrogen-bond acceptors (Lipinski definition) is 3. The summed E-state index contributed by atoms with van der Waals surface area (Å²) in [6.45, 7) is 0. The fourth-order valence-electron chi connectivity index (χ4n) is 1.25. The molecule has 0 aliphatic rings. The maximum absolute atomic E-state index is 13.0. The van der Waals surface area contributed by atoms with Crippen molar-refractivity contribution in [1.82, 2.24) is 10.2 Å². The lowest BCUT2D eigenvalue weighted by Gasteiger charge is -2.02. The number of phenols is 1. The molecule has 1 aromatic heterocycles. The Morgan fingerprint density at radius 2 is 1.87 bits per heavy atom. The third kappa shape index (κ3) is 1.50. The minimum absolute atomic E-state index is 0.208. The molecule has 0 amide bonds. The van der Waals surface area contributed by atoms with E-state index in [2.05, 4.69) is 10.2 Å². The molecule has 4 nitrogen and oxygen atoms in total. The number of benzene rings is 1. The summed E-state index contributed by atoms with van der Waals surface area (Å²) in [5, 5.41) is 15.0. The van der Waals surface area contributed by atoms with Crippen molar-refractivity contribution in [3.05, 3.63) is 30.0 Å². The van der Waals surface area contributed by atoms with Crippen molar-refractivity contribution in [2.45, 2.75) is 0 Å². The Hall–Kier alpha value is -2.11. The standard InChI is InChI=1S/C9H7F2N3O/c10-6-1-4(2-7(11)8(6)15)5-3-13-14-9(5)12/h1-3,15H,(H3,12,13,14). The lowest BCUT2D eigenvalue weighted by Crippen LogP contribution is -1.90. The van der Waals surface area contributed by atoms with Crippen LogP contribution >= 0.6 is 0 Å². The smallest absolute Gasteiger partial charge is 0.187 e. The second-order valence-corrected chi connectivity index (χ2v) is 2.99. The molecule has 0 saturated heterocycles. The maximum Gasteiger partial charge on any atom is 0.187 e. The number of nitrogen functional groups attached to an aromatic ring is 1. The summed E-state index contributed by atoms with van der Waals surface area (Å²) in [5.41, 5.74) is 6.08. The van der Waals surface area contributed by atoms with Gasteiger partial charge in [-0.1, -0.05) is 0 Å². The molecule has 0 aliphatic heterocycles. The van der Waals surface area contributed by atoms with Crippen LogP contribution in [0.4, 0.5) is 14.6 Å². The highest BCUT2D eigenvalue weighted by Crippen LogP contribution is 2.29. The van der Waals surface area contributed by atoms with Crippen LogP contribution in [0.2, 0.25) is 0 Å². The van der Waals surface area contributed by atoms with Gasteiger partial charge in [0.25, 0.3) is 0 Å². The molecule has 0 atom stereocenters. The van der Waals surface area contributed by atoms with Crippen LogP contribution in [-0.2, 0) is 0 Å². The number of halogens is 2. The van der Waals surface area contributed by atoms with Crippen molar-refractivity contribution in [1.29, 1.82) is 0 Å². The number of nitrogens with zero attached hydrogens (tertiary/aromatic N) is 1. The summed E-state index contributed by atoms with van der Waals surface area (Å²) < 4.78 is 26.0. The van der Waals surface area contributed by atoms with Crippen LogP contribution in [0.15, 0.2) is 18.3 Å². The van der Waals surface area contributed by atoms with Gasteiger partial charge in [-0.3, -0.25) is 5.10 Å². The number of nitrogens with two attached hydrogens (primary N) is 1. The first kappa shape index (κ1) is 9.45. The van der Waals surface area contributed by atoms with Crippen LogP contribution in [0.25, 0.3) is 11.1 Å². The molecule has 1 heterocycles. The summed E-state index contributed by atoms with van der Waals surface area (Å²) in [5.74, 6) is -2.86. The minimum Gasteiger partial charge on any atom is -0.503 e. The quantitative estimate of drug-likeness (QED) is 0.671. The third-order valence-corrected chi connectivity index (χ3v) is 2.00. The number of aromatic nitrogens is 2. The largest absolute Gasteiger partial charge is 0.503 e. The van der Waals surface area contributed by atoms with E-state index < -0.39 is 17.4 Å². The number of anilines is 1. The van der Waals surface area contributed by atoms with Gasteiger partial charge in [0.15, 0.2) is 17.4 Å². The Morgan fingerprint density at radius 3 is 2.33 bits per heavy atom. The summed E-state index contributed by atoms with van der Waals surface area (Å²) in [6, 6.07) is 1.97. The van der Waals surface area contributed by atoms with Gasteiger partial charge in [-0.2, -0.15) is 5.10 Å². The molecule has 15 heavy (non-hydrogen) atoms. The van der Waals surface area contributed by atoms with E-state index in [0.717, 1.165) is 12.1 Å². The lowest BCUT2D eigenvalue weighted by molar-refractivity contribution is 0.396. The number of aromatic amines is 1. The summed E-state index contributed by atoms with van der Waals surface area (Å²) in [7, 11) is 0. The van der Waals surface area contributed by atoms with Crippen LogP contribution in [0.3, 0.4) is 0 Å². The summed E-state index contributed by atoms with van der Waals surface area (Å²) in [6.07, 6.45) is 1.35. The predicted molar refractivity (Wildman–Crippen MR) is 50.0 cm³/mol. The van der Waals surface area contributed by atoms with Gasteiger partial charge < -0.3 is 10.8 Å². The normalized spacial score (nSPS) is 10.5. The zero-order valence-electron chi connectivity index (χ0n) is 7.46. The fraction of sp³-hybridized carbons (Fsp3) is 0. The van der Waals surface area contributed by atoms with Gasteiger partial charge in [0.1, 0.15) is 5.82 Å². The Labute approximate surface area is 83.4 Å². The molecule has 78 valence electrons. The van der Waals surface area contributed by atoms with Crippen LogP contribution in [0.5, 0.6) is 5.75 Å². The maximum atomic E-state index is 13.0. The van der Waals surface area contributed by atoms with Gasteiger partial charge in [0, 0.05) is 5.56 Å². The number of nitrogens with one attached hydrogen (secondary N) is 1. The van der Waals surface area contributed by atoms with Crippen LogP contribution < -0.4 is 5.73 Å². The molecule has 6 heteroatoms. The number of phenolic OH excluding ortho intramolecular Hbond substituents is 1. The molecule has 0 saturated carbocycles. The lowest BCUT2D eigenvalue weighted by atomic mass is 10.1. The first-order valence-corrected chi connectivity index (χ1v) is 4.07. The van der Waals surface area contributed by atoms with Crippen LogP contribution in [0.1, 0.15) is 0 Å². The number of hydrogen-bond donors (Lipinski definition) is 3. The van der Waals surface area contributed by atoms with E-state index in [4.69, 9.17) is 10.8 Å². The van der Waals surface area contributed by atoms with Gasteiger partial charge in [-0.15, -0.1) is 0 Å². The van der Waals surface area contributed by atoms with E-state index in [-0.39, 0.29) is 11.4 Å². The van der Waals surface area contributed by atoms with Gasteiger partial charge in [0.05, 0.1) is 6.20 Å². The van der Waals surface area contributed by atoms with Gasteiger partial charge in [-0.05, 0) is 17.7 Å². The van der Waals surface area contributed by atoms with E-state index in [0.29, 0.717) is 5.56 Å². The topological polar surface area (TPSA) is 74.9 Å². The first-order valence-electron chi connectivity index (χ1n) is 4.07. The number of H-pyrrole nitrogens is 1. The van der Waals surface area contributed by atoms with E-state index in [1.54, 1.807) is 0 Å². The van der Waals surface area contributed by atoms with Crippen molar-refractivity contribution in [2.75, 3.05) is 5.73 Å². The van der Waals surface area contributed by atoms with Crippen molar-refractivity contribution >= 4 is 5.82 Å². The molecule has 2 rings (SSSR count). The Morgan fingerprint density at radius 1 is 1.27 bits per heavy atom. The Bertz CT molecular complexity index is 487. The third-order valence-electron chi connectivity index (χ3n) is 2.00. The molecular weight excluding hydrogens is 204 g/mol. The molecule has 0 radical (unpaired) electrons. The van der Waals surface area contributed by atoms with Gasteiger partial charge in [-0.25, -0.2) is 8.78 Å². The average molecular weight is 211 g/mol. The van der Waals surface area contributed by atoms with Crippen LogP contribution in [-0.4, -0.2) is 15.3 Å². The molecule has 1 aromatic carbocycles. The van der Waals surface area contributed by atoms with Crippen molar-refractivity contribution in [3.63, 3.8) is 0 Å². The summed E-state index contributed by atoms with van der Waals surface area (Å²) in [4.78, 5) is 0. The molecule has 4 N–H and O–H groups in total.